The second kappa shape index (κ2) is 7.87. The fourth-order valence-electron chi connectivity index (χ4n) is 2.87. The summed E-state index contributed by atoms with van der Waals surface area (Å²) < 4.78 is 36.6. The Morgan fingerprint density at radius 1 is 1.26 bits per heavy atom. The van der Waals surface area contributed by atoms with Gasteiger partial charge in [-0.25, -0.2) is 8.42 Å². The van der Waals surface area contributed by atoms with Crippen molar-refractivity contribution in [3.8, 4) is 11.5 Å². The van der Waals surface area contributed by atoms with Gasteiger partial charge in [0.1, 0.15) is 11.5 Å². The predicted octanol–water partition coefficient (Wildman–Crippen LogP) is 1.93. The summed E-state index contributed by atoms with van der Waals surface area (Å²) in [5, 5.41) is 2.80. The normalized spacial score (nSPS) is 16.2. The van der Waals surface area contributed by atoms with E-state index in [9.17, 15) is 13.2 Å². The van der Waals surface area contributed by atoms with Crippen LogP contribution in [0.15, 0.2) is 48.5 Å². The van der Waals surface area contributed by atoms with E-state index in [-0.39, 0.29) is 12.5 Å². The van der Waals surface area contributed by atoms with Crippen LogP contribution in [-0.2, 0) is 21.4 Å². The first kappa shape index (κ1) is 19.0. The smallest absolute Gasteiger partial charge is 0.263 e. The van der Waals surface area contributed by atoms with E-state index >= 15 is 0 Å². The van der Waals surface area contributed by atoms with Crippen LogP contribution in [-0.4, -0.2) is 39.8 Å². The van der Waals surface area contributed by atoms with Crippen molar-refractivity contribution in [2.75, 3.05) is 23.7 Å². The van der Waals surface area contributed by atoms with Crippen molar-refractivity contribution < 1.29 is 22.7 Å². The summed E-state index contributed by atoms with van der Waals surface area (Å²) in [4.78, 5) is 12.6. The van der Waals surface area contributed by atoms with Gasteiger partial charge in [0.05, 0.1) is 25.1 Å². The molecule has 3 rings (SSSR count). The summed E-state index contributed by atoms with van der Waals surface area (Å²) >= 11 is 0. The monoisotopic (exact) mass is 390 g/mol. The molecule has 2 aromatic rings. The Kier molecular flexibility index (Phi) is 5.55. The summed E-state index contributed by atoms with van der Waals surface area (Å²) in [7, 11) is -3.53. The Morgan fingerprint density at radius 2 is 2.04 bits per heavy atom. The zero-order valence-electron chi connectivity index (χ0n) is 15.2. The van der Waals surface area contributed by atoms with E-state index in [1.165, 1.54) is 4.31 Å². The number of para-hydroxylation sites is 2. The molecule has 0 saturated carbocycles. The molecule has 1 aliphatic heterocycles. The van der Waals surface area contributed by atoms with Crippen LogP contribution in [0.1, 0.15) is 12.5 Å². The highest BCUT2D eigenvalue weighted by atomic mass is 32.2. The summed E-state index contributed by atoms with van der Waals surface area (Å²) in [6.07, 6.45) is 0.188. The largest absolute Gasteiger partial charge is 0.494 e. The number of sulfonamides is 1. The number of amides is 1. The molecule has 0 saturated heterocycles. The zero-order chi connectivity index (χ0) is 19.4. The van der Waals surface area contributed by atoms with Crippen molar-refractivity contribution >= 4 is 21.6 Å². The molecule has 27 heavy (non-hydrogen) atoms. The summed E-state index contributed by atoms with van der Waals surface area (Å²) in [6, 6.07) is 14.2. The molecule has 144 valence electrons. The maximum atomic E-state index is 12.6. The Hall–Kier alpha value is -2.74. The Balaban J connectivity index is 1.71. The van der Waals surface area contributed by atoms with Gasteiger partial charge in [-0.15, -0.1) is 0 Å². The second-order valence-electron chi connectivity index (χ2n) is 6.17. The van der Waals surface area contributed by atoms with Crippen LogP contribution in [0, 0.1) is 0 Å². The van der Waals surface area contributed by atoms with Gasteiger partial charge >= 0.3 is 0 Å². The Bertz CT molecular complexity index is 929. The summed E-state index contributed by atoms with van der Waals surface area (Å²) in [5.74, 6) is 0.725. The third-order valence-electron chi connectivity index (χ3n) is 4.10. The first-order valence-electron chi connectivity index (χ1n) is 8.61. The molecule has 1 atom stereocenters. The molecule has 2 aromatic carbocycles. The minimum atomic E-state index is -3.53. The topological polar surface area (TPSA) is 84.9 Å². The van der Waals surface area contributed by atoms with Crippen molar-refractivity contribution in [2.24, 2.45) is 0 Å². The lowest BCUT2D eigenvalue weighted by molar-refractivity contribution is -0.127. The Labute approximate surface area is 158 Å². The molecule has 1 amide bonds. The molecule has 0 radical (unpaired) electrons. The number of fused-ring (bicyclic) bond motifs is 1. The molecule has 1 aliphatic rings. The van der Waals surface area contributed by atoms with Crippen molar-refractivity contribution in [1.29, 1.82) is 0 Å². The lowest BCUT2D eigenvalue weighted by Crippen LogP contribution is -2.50. The van der Waals surface area contributed by atoms with E-state index in [1.807, 2.05) is 31.2 Å². The van der Waals surface area contributed by atoms with Gasteiger partial charge in [0.2, 0.25) is 10.0 Å². The van der Waals surface area contributed by atoms with Crippen molar-refractivity contribution in [1.82, 2.24) is 5.32 Å². The second-order valence-corrected chi connectivity index (χ2v) is 8.07. The van der Waals surface area contributed by atoms with Gasteiger partial charge < -0.3 is 14.8 Å². The van der Waals surface area contributed by atoms with Gasteiger partial charge in [0.25, 0.3) is 5.91 Å². The molecule has 0 aromatic heterocycles. The third kappa shape index (κ3) is 4.51. The molecule has 0 aliphatic carbocycles. The maximum Gasteiger partial charge on any atom is 0.263 e. The molecule has 1 heterocycles. The van der Waals surface area contributed by atoms with Crippen LogP contribution in [0.3, 0.4) is 0 Å². The van der Waals surface area contributed by atoms with Crippen LogP contribution in [0.4, 0.5) is 5.69 Å². The van der Waals surface area contributed by atoms with Crippen LogP contribution in [0.2, 0.25) is 0 Å². The predicted molar refractivity (Wildman–Crippen MR) is 103 cm³/mol. The number of nitrogens with zero attached hydrogens (tertiary/aromatic N) is 1. The van der Waals surface area contributed by atoms with Crippen molar-refractivity contribution in [3.63, 3.8) is 0 Å². The average Bonchev–Trinajstić information content (AvgIpc) is 2.65. The number of ether oxygens (including phenoxy) is 2. The minimum absolute atomic E-state index is 0.0688. The van der Waals surface area contributed by atoms with Crippen LogP contribution >= 0.6 is 0 Å². The third-order valence-corrected chi connectivity index (χ3v) is 5.25. The number of carbonyl (C=O) groups is 1. The van der Waals surface area contributed by atoms with Gasteiger partial charge in [-0.1, -0.05) is 24.3 Å². The summed E-state index contributed by atoms with van der Waals surface area (Å²) in [6.45, 7) is 2.69. The number of hydrogen-bond acceptors (Lipinski definition) is 5. The van der Waals surface area contributed by atoms with E-state index in [2.05, 4.69) is 5.32 Å². The quantitative estimate of drug-likeness (QED) is 0.815. The highest BCUT2D eigenvalue weighted by Gasteiger charge is 2.34. The lowest BCUT2D eigenvalue weighted by Gasteiger charge is -2.33. The number of benzene rings is 2. The van der Waals surface area contributed by atoms with E-state index < -0.39 is 16.1 Å². The van der Waals surface area contributed by atoms with E-state index in [0.717, 1.165) is 17.6 Å². The SMILES string of the molecule is CCOc1cccc(CNC(=O)[C@@H]2CN(S(C)(=O)=O)c3ccccc3O2)c1. The fourth-order valence-corrected chi connectivity index (χ4v) is 3.78. The molecule has 7 nitrogen and oxygen atoms in total. The number of anilines is 1. The average molecular weight is 390 g/mol. The molecular weight excluding hydrogens is 368 g/mol. The molecular formula is C19H22N2O5S. The van der Waals surface area contributed by atoms with Gasteiger partial charge in [0, 0.05) is 6.54 Å². The van der Waals surface area contributed by atoms with Gasteiger partial charge in [-0.3, -0.25) is 9.10 Å². The van der Waals surface area contributed by atoms with E-state index in [0.29, 0.717) is 24.6 Å². The number of nitrogens with one attached hydrogen (secondary N) is 1. The fraction of sp³-hybridized carbons (Fsp3) is 0.316. The first-order chi connectivity index (χ1) is 12.9. The highest BCUT2D eigenvalue weighted by molar-refractivity contribution is 7.92. The van der Waals surface area contributed by atoms with Gasteiger partial charge in [-0.05, 0) is 36.8 Å². The number of rotatable bonds is 6. The van der Waals surface area contributed by atoms with Crippen LogP contribution in [0.5, 0.6) is 11.5 Å². The molecule has 0 spiro atoms. The van der Waals surface area contributed by atoms with Crippen molar-refractivity contribution in [2.45, 2.75) is 19.6 Å². The number of hydrogen-bond donors (Lipinski definition) is 1. The standard InChI is InChI=1S/C19H22N2O5S/c1-3-25-15-8-6-7-14(11-15)12-20-19(22)18-13-21(27(2,23)24)16-9-4-5-10-17(16)26-18/h4-11,18H,3,12-13H2,1-2H3,(H,20,22)/t18-/m0/s1. The van der Waals surface area contributed by atoms with Crippen LogP contribution < -0.4 is 19.1 Å². The first-order valence-corrected chi connectivity index (χ1v) is 10.5. The minimum Gasteiger partial charge on any atom is -0.494 e. The Morgan fingerprint density at radius 3 is 2.78 bits per heavy atom. The molecule has 0 bridgehead atoms. The zero-order valence-corrected chi connectivity index (χ0v) is 16.0. The van der Waals surface area contributed by atoms with Crippen molar-refractivity contribution in [3.05, 3.63) is 54.1 Å². The molecule has 0 fully saturated rings. The highest BCUT2D eigenvalue weighted by Crippen LogP contribution is 2.34. The number of carbonyl (C=O) groups excluding carboxylic acids is 1. The lowest BCUT2D eigenvalue weighted by atomic mass is 10.2. The molecule has 1 N–H and O–H groups in total. The van der Waals surface area contributed by atoms with E-state index in [4.69, 9.17) is 9.47 Å². The molecule has 0 unspecified atom stereocenters. The molecule has 8 heteroatoms. The van der Waals surface area contributed by atoms with Crippen LogP contribution in [0.25, 0.3) is 0 Å². The van der Waals surface area contributed by atoms with Gasteiger partial charge in [0.15, 0.2) is 6.10 Å². The van der Waals surface area contributed by atoms with Gasteiger partial charge in [-0.2, -0.15) is 0 Å². The maximum absolute atomic E-state index is 12.6. The van der Waals surface area contributed by atoms with E-state index in [1.54, 1.807) is 24.3 Å². The summed E-state index contributed by atoms with van der Waals surface area (Å²) in [5.41, 5.74) is 1.32.